The predicted octanol–water partition coefficient (Wildman–Crippen LogP) is 5.72. The largest absolute Gasteiger partial charge is 0.363 e. The van der Waals surface area contributed by atoms with Gasteiger partial charge in [-0.3, -0.25) is 14.3 Å². The van der Waals surface area contributed by atoms with E-state index in [9.17, 15) is 32.3 Å². The Balaban J connectivity index is 1.60. The summed E-state index contributed by atoms with van der Waals surface area (Å²) in [5.41, 5.74) is -2.84. The first-order valence-electron chi connectivity index (χ1n) is 11.8. The summed E-state index contributed by atoms with van der Waals surface area (Å²) in [5.74, 6) is -2.74. The summed E-state index contributed by atoms with van der Waals surface area (Å²) in [7, 11) is 1.43. The highest BCUT2D eigenvalue weighted by Crippen LogP contribution is 2.46. The molecule has 2 amide bonds. The van der Waals surface area contributed by atoms with Gasteiger partial charge in [0, 0.05) is 44.0 Å². The Morgan fingerprint density at radius 3 is 2.65 bits per heavy atom. The molecule has 5 aromatic rings. The van der Waals surface area contributed by atoms with Crippen LogP contribution in [-0.2, 0) is 19.2 Å². The van der Waals surface area contributed by atoms with Gasteiger partial charge < -0.3 is 15.7 Å². The fourth-order valence-electron chi connectivity index (χ4n) is 5.10. The van der Waals surface area contributed by atoms with Gasteiger partial charge >= 0.3 is 0 Å². The van der Waals surface area contributed by atoms with Gasteiger partial charge in [-0.05, 0) is 42.5 Å². The number of fused-ring (bicyclic) bond motifs is 4. The molecule has 40 heavy (non-hydrogen) atoms. The number of aryl methyl sites for hydroxylation is 1. The van der Waals surface area contributed by atoms with Crippen molar-refractivity contribution in [3.63, 3.8) is 0 Å². The van der Waals surface area contributed by atoms with E-state index < -0.39 is 42.0 Å². The van der Waals surface area contributed by atoms with Crippen molar-refractivity contribution < 1.29 is 32.3 Å². The number of aliphatic hydroxyl groups is 1. The van der Waals surface area contributed by atoms with Crippen molar-refractivity contribution >= 4 is 61.4 Å². The second kappa shape index (κ2) is 9.29. The number of hydrogen-bond donors (Lipinski definition) is 3. The lowest BCUT2D eigenvalue weighted by atomic mass is 9.90. The number of nitrogens with one attached hydrogen (secondary N) is 2. The van der Waals surface area contributed by atoms with Crippen molar-refractivity contribution in [2.24, 2.45) is 7.05 Å². The maximum absolute atomic E-state index is 14.3. The number of nitrogens with zero attached hydrogens (tertiary/aromatic N) is 2. The van der Waals surface area contributed by atoms with Gasteiger partial charge in [0.2, 0.25) is 6.43 Å². The highest BCUT2D eigenvalue weighted by molar-refractivity contribution is 7.17. The molecule has 3 heterocycles. The van der Waals surface area contributed by atoms with Crippen molar-refractivity contribution in [2.45, 2.75) is 18.6 Å². The molecule has 0 bridgehead atoms. The van der Waals surface area contributed by atoms with Crippen LogP contribution in [0.5, 0.6) is 0 Å². The number of hydrogen-bond acceptors (Lipinski definition) is 5. The lowest BCUT2D eigenvalue weighted by Crippen LogP contribution is -2.41. The summed E-state index contributed by atoms with van der Waals surface area (Å²) in [4.78, 5) is 26.8. The SMILES string of the molecule is Cn1nc2c3c(c(NC(=O)c4csc5cc(F)ccc45)cc2c1CC(F)F)C(O)(c1cc(F)ccc1Cl)NC3=O. The maximum atomic E-state index is 14.3. The van der Waals surface area contributed by atoms with Gasteiger partial charge in [0.1, 0.15) is 17.2 Å². The van der Waals surface area contributed by atoms with E-state index in [1.807, 2.05) is 0 Å². The molecule has 3 N–H and O–H groups in total. The van der Waals surface area contributed by atoms with Crippen LogP contribution < -0.4 is 10.6 Å². The van der Waals surface area contributed by atoms with E-state index in [0.717, 1.165) is 23.5 Å². The van der Waals surface area contributed by atoms with Crippen molar-refractivity contribution in [2.75, 3.05) is 5.32 Å². The number of carbonyl (C=O) groups is 2. The molecular formula is C27H17ClF4N4O3S. The van der Waals surface area contributed by atoms with Crippen molar-refractivity contribution in [1.29, 1.82) is 0 Å². The fourth-order valence-corrected chi connectivity index (χ4v) is 6.32. The number of halogens is 5. The number of rotatable bonds is 5. The molecule has 13 heteroatoms. The number of thiophene rings is 1. The van der Waals surface area contributed by atoms with Gasteiger partial charge in [-0.2, -0.15) is 5.10 Å². The number of alkyl halides is 2. The van der Waals surface area contributed by atoms with E-state index in [1.165, 1.54) is 47.4 Å². The average Bonchev–Trinajstić information content (AvgIpc) is 3.52. The molecule has 0 radical (unpaired) electrons. The molecule has 1 unspecified atom stereocenters. The Hall–Kier alpha value is -4.00. The molecule has 1 aliphatic heterocycles. The molecular weight excluding hydrogens is 572 g/mol. The Morgan fingerprint density at radius 2 is 1.90 bits per heavy atom. The van der Waals surface area contributed by atoms with Crippen LogP contribution in [0.15, 0.2) is 47.8 Å². The standard InChI is InChI=1S/C27H17ClF4N4O3S/c1-36-19(9-21(31)32)14-8-18(33-25(37)15-10-40-20-7-12(30)2-4-13(15)20)23-22(24(14)35-36)26(38)34-27(23,39)16-6-11(29)3-5-17(16)28/h2-8,10,21,39H,9H2,1H3,(H,33,37)(H,34,38). The molecule has 6 rings (SSSR count). The van der Waals surface area contributed by atoms with Gasteiger partial charge in [-0.1, -0.05) is 11.6 Å². The van der Waals surface area contributed by atoms with Crippen molar-refractivity contribution in [1.82, 2.24) is 15.1 Å². The van der Waals surface area contributed by atoms with E-state index >= 15 is 0 Å². The second-order valence-corrected chi connectivity index (χ2v) is 10.6. The van der Waals surface area contributed by atoms with Crippen LogP contribution in [0, 0.1) is 11.6 Å². The first-order chi connectivity index (χ1) is 19.0. The van der Waals surface area contributed by atoms with Crippen LogP contribution in [0.1, 0.15) is 37.5 Å². The van der Waals surface area contributed by atoms with Gasteiger partial charge in [0.15, 0.2) is 5.72 Å². The topological polar surface area (TPSA) is 96.2 Å². The molecule has 1 aliphatic rings. The summed E-state index contributed by atoms with van der Waals surface area (Å²) in [5, 5.41) is 23.3. The van der Waals surface area contributed by atoms with Crippen LogP contribution >= 0.6 is 22.9 Å². The van der Waals surface area contributed by atoms with E-state index in [2.05, 4.69) is 15.7 Å². The Labute approximate surface area is 232 Å². The Bertz CT molecular complexity index is 1890. The Kier molecular flexibility index (Phi) is 6.09. The first kappa shape index (κ1) is 26.2. The molecule has 2 aromatic heterocycles. The van der Waals surface area contributed by atoms with E-state index in [1.54, 1.807) is 0 Å². The van der Waals surface area contributed by atoms with Crippen LogP contribution in [0.25, 0.3) is 21.0 Å². The van der Waals surface area contributed by atoms with Gasteiger partial charge in [-0.25, -0.2) is 17.6 Å². The summed E-state index contributed by atoms with van der Waals surface area (Å²) in [6.07, 6.45) is -3.43. The van der Waals surface area contributed by atoms with E-state index in [-0.39, 0.29) is 49.6 Å². The summed E-state index contributed by atoms with van der Waals surface area (Å²) >= 11 is 7.44. The minimum absolute atomic E-state index is 0.00329. The summed E-state index contributed by atoms with van der Waals surface area (Å²) in [6, 6.07) is 8.47. The van der Waals surface area contributed by atoms with E-state index in [4.69, 9.17) is 11.6 Å². The predicted molar refractivity (Wildman–Crippen MR) is 142 cm³/mol. The van der Waals surface area contributed by atoms with Crippen LogP contribution in [-0.4, -0.2) is 33.1 Å². The second-order valence-electron chi connectivity index (χ2n) is 9.27. The number of anilines is 1. The van der Waals surface area contributed by atoms with Gasteiger partial charge in [0.05, 0.1) is 28.9 Å². The third-order valence-corrected chi connectivity index (χ3v) is 8.11. The smallest absolute Gasteiger partial charge is 0.257 e. The molecule has 1 atom stereocenters. The van der Waals surface area contributed by atoms with Gasteiger partial charge in [0.25, 0.3) is 11.8 Å². The first-order valence-corrected chi connectivity index (χ1v) is 13.0. The number of benzene rings is 3. The molecule has 0 saturated heterocycles. The van der Waals surface area contributed by atoms with Gasteiger partial charge in [-0.15, -0.1) is 11.3 Å². The third kappa shape index (κ3) is 4.02. The third-order valence-electron chi connectivity index (χ3n) is 6.83. The molecule has 3 aromatic carbocycles. The molecule has 0 aliphatic carbocycles. The lowest BCUT2D eigenvalue weighted by molar-refractivity contribution is 0.0479. The van der Waals surface area contributed by atoms with Crippen molar-refractivity contribution in [3.8, 4) is 0 Å². The monoisotopic (exact) mass is 588 g/mol. The maximum Gasteiger partial charge on any atom is 0.257 e. The molecule has 0 fully saturated rings. The van der Waals surface area contributed by atoms with Crippen LogP contribution in [0.3, 0.4) is 0 Å². The highest BCUT2D eigenvalue weighted by Gasteiger charge is 2.48. The zero-order chi connectivity index (χ0) is 28.5. The zero-order valence-corrected chi connectivity index (χ0v) is 21.9. The normalized spacial score (nSPS) is 16.6. The zero-order valence-electron chi connectivity index (χ0n) is 20.4. The quantitative estimate of drug-likeness (QED) is 0.229. The fraction of sp³-hybridized carbons (Fsp3) is 0.148. The van der Waals surface area contributed by atoms with Crippen molar-refractivity contribution in [3.05, 3.63) is 92.4 Å². The minimum Gasteiger partial charge on any atom is -0.363 e. The molecule has 7 nitrogen and oxygen atoms in total. The molecule has 204 valence electrons. The van der Waals surface area contributed by atoms with Crippen LogP contribution in [0.2, 0.25) is 5.02 Å². The Morgan fingerprint density at radius 1 is 1.18 bits per heavy atom. The molecule has 0 spiro atoms. The van der Waals surface area contributed by atoms with Crippen LogP contribution in [0.4, 0.5) is 23.2 Å². The highest BCUT2D eigenvalue weighted by atomic mass is 35.5. The molecule has 0 saturated carbocycles. The average molecular weight is 589 g/mol. The summed E-state index contributed by atoms with van der Waals surface area (Å²) in [6.45, 7) is 0. The van der Waals surface area contributed by atoms with E-state index in [0.29, 0.717) is 10.1 Å². The minimum atomic E-state index is -2.74. The number of amides is 2. The number of aromatic nitrogens is 2. The number of carbonyl (C=O) groups excluding carboxylic acids is 2. The lowest BCUT2D eigenvalue weighted by Gasteiger charge is -2.27. The summed E-state index contributed by atoms with van der Waals surface area (Å²) < 4.78 is 56.6.